The largest absolute Gasteiger partial charge is 0.481 e. The van der Waals surface area contributed by atoms with Gasteiger partial charge in [-0.15, -0.1) is 12.3 Å². The fraction of sp³-hybridized carbons (Fsp3) is 0.500. The van der Waals surface area contributed by atoms with E-state index in [2.05, 4.69) is 11.0 Å². The smallest absolute Gasteiger partial charge is 0.217 e. The van der Waals surface area contributed by atoms with E-state index in [1.165, 1.54) is 0 Å². The van der Waals surface area contributed by atoms with Crippen LogP contribution in [0.3, 0.4) is 0 Å². The highest BCUT2D eigenvalue weighted by atomic mass is 16.5. The van der Waals surface area contributed by atoms with Crippen LogP contribution in [0.1, 0.15) is 23.8 Å². The van der Waals surface area contributed by atoms with Gasteiger partial charge in [-0.3, -0.25) is 0 Å². The van der Waals surface area contributed by atoms with Crippen LogP contribution in [0.4, 0.5) is 0 Å². The van der Waals surface area contributed by atoms with E-state index in [1.807, 2.05) is 6.92 Å². The molecule has 4 nitrogen and oxygen atoms in total. The van der Waals surface area contributed by atoms with E-state index in [1.54, 1.807) is 18.8 Å². The SMILES string of the molecule is C#CCC(O)c1c(C)nn(C)c1OC. The Labute approximate surface area is 83.5 Å². The average molecular weight is 194 g/mol. The van der Waals surface area contributed by atoms with E-state index in [4.69, 9.17) is 11.2 Å². The van der Waals surface area contributed by atoms with Crippen LogP contribution in [-0.4, -0.2) is 22.0 Å². The van der Waals surface area contributed by atoms with E-state index in [0.717, 1.165) is 5.69 Å². The molecule has 0 aliphatic rings. The van der Waals surface area contributed by atoms with E-state index >= 15 is 0 Å². The Hall–Kier alpha value is -1.47. The summed E-state index contributed by atoms with van der Waals surface area (Å²) >= 11 is 0. The molecule has 0 radical (unpaired) electrons. The minimum atomic E-state index is -0.705. The van der Waals surface area contributed by atoms with Crippen LogP contribution in [0, 0.1) is 19.3 Å². The molecule has 1 unspecified atom stereocenters. The average Bonchev–Trinajstić information content (AvgIpc) is 2.40. The molecule has 1 atom stereocenters. The van der Waals surface area contributed by atoms with Crippen molar-refractivity contribution in [1.82, 2.24) is 9.78 Å². The van der Waals surface area contributed by atoms with Crippen molar-refractivity contribution in [3.63, 3.8) is 0 Å². The van der Waals surface area contributed by atoms with Crippen LogP contribution < -0.4 is 4.74 Å². The maximum atomic E-state index is 9.75. The molecule has 0 aliphatic heterocycles. The summed E-state index contributed by atoms with van der Waals surface area (Å²) < 4.78 is 6.72. The molecule has 0 aromatic carbocycles. The molecular weight excluding hydrogens is 180 g/mol. The third-order valence-corrected chi connectivity index (χ3v) is 2.05. The topological polar surface area (TPSA) is 47.3 Å². The first-order chi connectivity index (χ1) is 6.61. The lowest BCUT2D eigenvalue weighted by Gasteiger charge is -2.08. The van der Waals surface area contributed by atoms with E-state index < -0.39 is 6.10 Å². The molecule has 0 saturated heterocycles. The summed E-state index contributed by atoms with van der Waals surface area (Å²) in [5.74, 6) is 2.97. The van der Waals surface area contributed by atoms with Crippen LogP contribution in [-0.2, 0) is 7.05 Å². The van der Waals surface area contributed by atoms with E-state index in [9.17, 15) is 5.11 Å². The Morgan fingerprint density at radius 1 is 1.71 bits per heavy atom. The Bertz CT molecular complexity index is 363. The normalized spacial score (nSPS) is 12.2. The lowest BCUT2D eigenvalue weighted by Crippen LogP contribution is -2.01. The lowest BCUT2D eigenvalue weighted by molar-refractivity contribution is 0.178. The summed E-state index contributed by atoms with van der Waals surface area (Å²) in [6, 6.07) is 0. The number of aromatic nitrogens is 2. The minimum absolute atomic E-state index is 0.267. The number of aliphatic hydroxyl groups is 1. The van der Waals surface area contributed by atoms with Crippen molar-refractivity contribution in [1.29, 1.82) is 0 Å². The minimum Gasteiger partial charge on any atom is -0.481 e. The van der Waals surface area contributed by atoms with Gasteiger partial charge in [0.2, 0.25) is 5.88 Å². The zero-order valence-electron chi connectivity index (χ0n) is 8.61. The molecule has 0 fully saturated rings. The number of aliphatic hydroxyl groups excluding tert-OH is 1. The number of ether oxygens (including phenoxy) is 1. The van der Waals surface area contributed by atoms with Crippen LogP contribution in [0.5, 0.6) is 5.88 Å². The molecule has 0 spiro atoms. The first-order valence-electron chi connectivity index (χ1n) is 4.30. The molecule has 76 valence electrons. The summed E-state index contributed by atoms with van der Waals surface area (Å²) in [4.78, 5) is 0. The zero-order valence-corrected chi connectivity index (χ0v) is 8.61. The molecule has 1 heterocycles. The quantitative estimate of drug-likeness (QED) is 0.724. The van der Waals surface area contributed by atoms with Crippen LogP contribution >= 0.6 is 0 Å². The van der Waals surface area contributed by atoms with Crippen LogP contribution in [0.2, 0.25) is 0 Å². The van der Waals surface area contributed by atoms with Gasteiger partial charge in [0, 0.05) is 13.5 Å². The Morgan fingerprint density at radius 2 is 2.36 bits per heavy atom. The second-order valence-electron chi connectivity index (χ2n) is 3.06. The Balaban J connectivity index is 3.12. The van der Waals surface area contributed by atoms with Gasteiger partial charge in [-0.1, -0.05) is 0 Å². The summed E-state index contributed by atoms with van der Waals surface area (Å²) in [5, 5.41) is 13.9. The van der Waals surface area contributed by atoms with Crippen molar-refractivity contribution in [3.05, 3.63) is 11.3 Å². The zero-order chi connectivity index (χ0) is 10.7. The first kappa shape index (κ1) is 10.6. The summed E-state index contributed by atoms with van der Waals surface area (Å²) in [6.07, 6.45) is 4.70. The third kappa shape index (κ3) is 1.73. The van der Waals surface area contributed by atoms with Crippen molar-refractivity contribution in [2.75, 3.05) is 7.11 Å². The third-order valence-electron chi connectivity index (χ3n) is 2.05. The van der Waals surface area contributed by atoms with Gasteiger partial charge < -0.3 is 9.84 Å². The maximum absolute atomic E-state index is 9.75. The van der Waals surface area contributed by atoms with Gasteiger partial charge in [-0.05, 0) is 6.92 Å². The van der Waals surface area contributed by atoms with Gasteiger partial charge in [0.1, 0.15) is 0 Å². The van der Waals surface area contributed by atoms with Crippen molar-refractivity contribution in [2.24, 2.45) is 7.05 Å². The van der Waals surface area contributed by atoms with Crippen LogP contribution in [0.25, 0.3) is 0 Å². The number of hydrogen-bond donors (Lipinski definition) is 1. The number of terminal acetylenes is 1. The van der Waals surface area contributed by atoms with E-state index in [-0.39, 0.29) is 6.42 Å². The number of aryl methyl sites for hydroxylation is 2. The number of nitrogens with zero attached hydrogens (tertiary/aromatic N) is 2. The van der Waals surface area contributed by atoms with Gasteiger partial charge >= 0.3 is 0 Å². The standard InChI is InChI=1S/C10H14N2O2/c1-5-6-8(13)9-7(2)11-12(3)10(9)14-4/h1,8,13H,6H2,2-4H3. The van der Waals surface area contributed by atoms with Crippen molar-refractivity contribution in [2.45, 2.75) is 19.4 Å². The lowest BCUT2D eigenvalue weighted by atomic mass is 10.1. The van der Waals surface area contributed by atoms with Gasteiger partial charge in [0.15, 0.2) is 0 Å². The predicted octanol–water partition coefficient (Wildman–Crippen LogP) is 0.794. The number of hydrogen-bond acceptors (Lipinski definition) is 3. The Morgan fingerprint density at radius 3 is 2.86 bits per heavy atom. The van der Waals surface area contributed by atoms with Crippen LogP contribution in [0.15, 0.2) is 0 Å². The molecule has 0 saturated carbocycles. The van der Waals surface area contributed by atoms with Crippen molar-refractivity contribution < 1.29 is 9.84 Å². The highest BCUT2D eigenvalue weighted by Crippen LogP contribution is 2.29. The molecule has 1 N–H and O–H groups in total. The highest BCUT2D eigenvalue weighted by molar-refractivity contribution is 5.33. The van der Waals surface area contributed by atoms with Crippen molar-refractivity contribution >= 4 is 0 Å². The molecular formula is C10H14N2O2. The molecule has 1 aromatic rings. The summed E-state index contributed by atoms with van der Waals surface area (Å²) in [6.45, 7) is 1.82. The molecule has 14 heavy (non-hydrogen) atoms. The maximum Gasteiger partial charge on any atom is 0.217 e. The first-order valence-corrected chi connectivity index (χ1v) is 4.30. The second kappa shape index (κ2) is 4.16. The fourth-order valence-electron chi connectivity index (χ4n) is 1.49. The molecule has 0 bridgehead atoms. The molecule has 0 aliphatic carbocycles. The van der Waals surface area contributed by atoms with Gasteiger partial charge in [-0.2, -0.15) is 5.10 Å². The number of methoxy groups -OCH3 is 1. The summed E-state index contributed by atoms with van der Waals surface area (Å²) in [5.41, 5.74) is 1.42. The monoisotopic (exact) mass is 194 g/mol. The van der Waals surface area contributed by atoms with Gasteiger partial charge in [-0.25, -0.2) is 4.68 Å². The van der Waals surface area contributed by atoms with Gasteiger partial charge in [0.25, 0.3) is 0 Å². The molecule has 0 amide bonds. The molecule has 1 aromatic heterocycles. The van der Waals surface area contributed by atoms with Crippen molar-refractivity contribution in [3.8, 4) is 18.2 Å². The predicted molar refractivity (Wildman–Crippen MR) is 52.9 cm³/mol. The summed E-state index contributed by atoms with van der Waals surface area (Å²) in [7, 11) is 3.31. The highest BCUT2D eigenvalue weighted by Gasteiger charge is 2.20. The number of rotatable bonds is 3. The van der Waals surface area contributed by atoms with E-state index in [0.29, 0.717) is 11.4 Å². The molecule has 1 rings (SSSR count). The Kier molecular flexibility index (Phi) is 3.15. The molecule has 4 heteroatoms. The second-order valence-corrected chi connectivity index (χ2v) is 3.06. The van der Waals surface area contributed by atoms with Gasteiger partial charge in [0.05, 0.1) is 24.5 Å². The fourth-order valence-corrected chi connectivity index (χ4v) is 1.49.